The normalized spacial score (nSPS) is 43.2. The highest BCUT2D eigenvalue weighted by atomic mass is 15.0. The van der Waals surface area contributed by atoms with Crippen LogP contribution >= 0.6 is 0 Å². The van der Waals surface area contributed by atoms with Gasteiger partial charge in [0.05, 0.1) is 5.69 Å². The maximum atomic E-state index is 5.92. The summed E-state index contributed by atoms with van der Waals surface area (Å²) in [5.74, 6) is 4.80. The van der Waals surface area contributed by atoms with Crippen LogP contribution in [-0.2, 0) is 5.41 Å². The number of hydrogen-bond donors (Lipinski definition) is 2. The molecule has 0 atom stereocenters. The number of rotatable bonds is 1. The zero-order chi connectivity index (χ0) is 11.6. The van der Waals surface area contributed by atoms with Gasteiger partial charge in [0.1, 0.15) is 11.6 Å². The first-order valence-corrected chi connectivity index (χ1v) is 6.97. The molecule has 4 saturated carbocycles. The van der Waals surface area contributed by atoms with Crippen LogP contribution in [0.3, 0.4) is 0 Å². The molecule has 4 fully saturated rings. The standard InChI is InChI=1S/C14H21N3/c1-8-12(15)17-13(16-8)14-5-9-2-10(6-14)4-11(3-9)7-14/h9-11H,2-7,15H2,1H3,(H,16,17). The van der Waals surface area contributed by atoms with E-state index in [4.69, 9.17) is 5.73 Å². The minimum atomic E-state index is 0.358. The molecule has 4 aliphatic carbocycles. The zero-order valence-electron chi connectivity index (χ0n) is 10.5. The Bertz CT molecular complexity index is 405. The molecule has 5 rings (SSSR count). The fourth-order valence-corrected chi connectivity index (χ4v) is 5.13. The van der Waals surface area contributed by atoms with Gasteiger partial charge in [-0.15, -0.1) is 0 Å². The topological polar surface area (TPSA) is 54.7 Å². The lowest BCUT2D eigenvalue weighted by atomic mass is 9.49. The molecule has 0 spiro atoms. The predicted octanol–water partition coefficient (Wildman–Crippen LogP) is 2.77. The highest BCUT2D eigenvalue weighted by Crippen LogP contribution is 2.60. The minimum Gasteiger partial charge on any atom is -0.382 e. The second-order valence-corrected chi connectivity index (χ2v) is 6.79. The molecule has 1 aromatic heterocycles. The summed E-state index contributed by atoms with van der Waals surface area (Å²) in [7, 11) is 0. The highest BCUT2D eigenvalue weighted by molar-refractivity contribution is 5.37. The zero-order valence-corrected chi connectivity index (χ0v) is 10.5. The molecule has 3 heteroatoms. The quantitative estimate of drug-likeness (QED) is 0.781. The van der Waals surface area contributed by atoms with Crippen LogP contribution in [0.1, 0.15) is 50.0 Å². The smallest absolute Gasteiger partial charge is 0.144 e. The summed E-state index contributed by atoms with van der Waals surface area (Å²) in [6, 6.07) is 0. The van der Waals surface area contributed by atoms with Crippen molar-refractivity contribution >= 4 is 5.82 Å². The third-order valence-electron chi connectivity index (χ3n) is 5.46. The van der Waals surface area contributed by atoms with E-state index in [2.05, 4.69) is 9.97 Å². The Balaban J connectivity index is 1.77. The minimum absolute atomic E-state index is 0.358. The van der Waals surface area contributed by atoms with E-state index in [1.54, 1.807) is 0 Å². The molecule has 17 heavy (non-hydrogen) atoms. The maximum Gasteiger partial charge on any atom is 0.144 e. The van der Waals surface area contributed by atoms with Crippen molar-refractivity contribution in [2.75, 3.05) is 5.73 Å². The lowest BCUT2D eigenvalue weighted by molar-refractivity contribution is -0.00901. The van der Waals surface area contributed by atoms with E-state index in [9.17, 15) is 0 Å². The molecule has 1 heterocycles. The summed E-state index contributed by atoms with van der Waals surface area (Å²) in [5.41, 5.74) is 7.33. The van der Waals surface area contributed by atoms with Gasteiger partial charge in [0.15, 0.2) is 0 Å². The molecule has 0 amide bonds. The van der Waals surface area contributed by atoms with Gasteiger partial charge in [-0.25, -0.2) is 4.98 Å². The summed E-state index contributed by atoms with van der Waals surface area (Å²) in [4.78, 5) is 8.09. The Kier molecular flexibility index (Phi) is 1.80. The number of nitrogens with two attached hydrogens (primary N) is 1. The largest absolute Gasteiger partial charge is 0.382 e. The lowest BCUT2D eigenvalue weighted by Crippen LogP contribution is -2.49. The SMILES string of the molecule is Cc1[nH]c(C23CC4CC(CC(C4)C2)C3)nc1N. The molecule has 0 aromatic carbocycles. The third-order valence-corrected chi connectivity index (χ3v) is 5.46. The number of aromatic amines is 1. The van der Waals surface area contributed by atoms with Crippen LogP contribution in [0.25, 0.3) is 0 Å². The number of hydrogen-bond acceptors (Lipinski definition) is 2. The van der Waals surface area contributed by atoms with Crippen LogP contribution in [0, 0.1) is 24.7 Å². The maximum absolute atomic E-state index is 5.92. The molecule has 3 N–H and O–H groups in total. The first-order valence-electron chi connectivity index (χ1n) is 6.97. The number of nitrogens with zero attached hydrogens (tertiary/aromatic N) is 1. The monoisotopic (exact) mass is 231 g/mol. The fraction of sp³-hybridized carbons (Fsp3) is 0.786. The van der Waals surface area contributed by atoms with Crippen molar-refractivity contribution < 1.29 is 0 Å². The summed E-state index contributed by atoms with van der Waals surface area (Å²) >= 11 is 0. The molecule has 0 unspecified atom stereocenters. The van der Waals surface area contributed by atoms with Gasteiger partial charge in [-0.05, 0) is 63.2 Å². The second-order valence-electron chi connectivity index (χ2n) is 6.79. The molecule has 4 bridgehead atoms. The van der Waals surface area contributed by atoms with E-state index in [0.717, 1.165) is 23.4 Å². The number of aromatic nitrogens is 2. The summed E-state index contributed by atoms with van der Waals surface area (Å²) in [6.07, 6.45) is 8.50. The molecule has 1 aromatic rings. The van der Waals surface area contributed by atoms with Gasteiger partial charge in [0.2, 0.25) is 0 Å². The van der Waals surface area contributed by atoms with E-state index in [1.165, 1.54) is 44.3 Å². The van der Waals surface area contributed by atoms with E-state index < -0.39 is 0 Å². The van der Waals surface area contributed by atoms with Crippen LogP contribution < -0.4 is 5.73 Å². The lowest BCUT2D eigenvalue weighted by Gasteiger charge is -2.55. The van der Waals surface area contributed by atoms with Crippen molar-refractivity contribution in [2.45, 2.75) is 50.9 Å². The van der Waals surface area contributed by atoms with Gasteiger partial charge in [-0.3, -0.25) is 0 Å². The van der Waals surface area contributed by atoms with Gasteiger partial charge < -0.3 is 10.7 Å². The van der Waals surface area contributed by atoms with Crippen LogP contribution in [0.2, 0.25) is 0 Å². The Morgan fingerprint density at radius 3 is 2.06 bits per heavy atom. The van der Waals surface area contributed by atoms with Crippen molar-refractivity contribution in [1.82, 2.24) is 9.97 Å². The Morgan fingerprint density at radius 2 is 1.65 bits per heavy atom. The predicted molar refractivity (Wildman–Crippen MR) is 67.6 cm³/mol. The summed E-state index contributed by atoms with van der Waals surface area (Å²) in [5, 5.41) is 0. The van der Waals surface area contributed by atoms with E-state index in [-0.39, 0.29) is 0 Å². The van der Waals surface area contributed by atoms with Crippen molar-refractivity contribution in [2.24, 2.45) is 17.8 Å². The van der Waals surface area contributed by atoms with Gasteiger partial charge in [0.25, 0.3) is 0 Å². The van der Waals surface area contributed by atoms with Crippen molar-refractivity contribution in [3.63, 3.8) is 0 Å². The second kappa shape index (κ2) is 3.06. The number of aryl methyl sites for hydroxylation is 1. The van der Waals surface area contributed by atoms with Gasteiger partial charge in [-0.2, -0.15) is 0 Å². The number of H-pyrrole nitrogens is 1. The van der Waals surface area contributed by atoms with Crippen molar-refractivity contribution in [1.29, 1.82) is 0 Å². The Morgan fingerprint density at radius 1 is 1.12 bits per heavy atom. The van der Waals surface area contributed by atoms with Gasteiger partial charge >= 0.3 is 0 Å². The molecular formula is C14H21N3. The number of nitrogen functional groups attached to an aromatic ring is 1. The van der Waals surface area contributed by atoms with E-state index in [0.29, 0.717) is 11.2 Å². The number of nitrogens with one attached hydrogen (secondary N) is 1. The molecule has 3 nitrogen and oxygen atoms in total. The van der Waals surface area contributed by atoms with E-state index in [1.807, 2.05) is 6.92 Å². The first kappa shape index (κ1) is 9.98. The molecule has 0 aliphatic heterocycles. The summed E-state index contributed by atoms with van der Waals surface area (Å²) < 4.78 is 0. The molecule has 4 aliphatic rings. The molecule has 92 valence electrons. The van der Waals surface area contributed by atoms with Crippen LogP contribution in [-0.4, -0.2) is 9.97 Å². The van der Waals surface area contributed by atoms with Crippen molar-refractivity contribution in [3.8, 4) is 0 Å². The average molecular weight is 231 g/mol. The first-order chi connectivity index (χ1) is 8.14. The molecule has 0 saturated heterocycles. The van der Waals surface area contributed by atoms with Crippen molar-refractivity contribution in [3.05, 3.63) is 11.5 Å². The number of imidazole rings is 1. The summed E-state index contributed by atoms with van der Waals surface area (Å²) in [6.45, 7) is 2.03. The Hall–Kier alpha value is -0.990. The number of anilines is 1. The van der Waals surface area contributed by atoms with E-state index >= 15 is 0 Å². The van der Waals surface area contributed by atoms with Gasteiger partial charge in [-0.1, -0.05) is 0 Å². The van der Waals surface area contributed by atoms with Gasteiger partial charge in [0, 0.05) is 5.41 Å². The molecular weight excluding hydrogens is 210 g/mol. The Labute approximate surface area is 102 Å². The third kappa shape index (κ3) is 1.31. The fourth-order valence-electron chi connectivity index (χ4n) is 5.13. The molecule has 0 radical (unpaired) electrons. The average Bonchev–Trinajstić information content (AvgIpc) is 2.58. The highest BCUT2D eigenvalue weighted by Gasteiger charge is 2.53. The van der Waals surface area contributed by atoms with Crippen LogP contribution in [0.5, 0.6) is 0 Å². The van der Waals surface area contributed by atoms with Crippen LogP contribution in [0.4, 0.5) is 5.82 Å². The van der Waals surface area contributed by atoms with Crippen LogP contribution in [0.15, 0.2) is 0 Å².